The molecule has 1 amide bonds. The van der Waals surface area contributed by atoms with Gasteiger partial charge in [0.15, 0.2) is 0 Å². The fourth-order valence-electron chi connectivity index (χ4n) is 2.27. The topological polar surface area (TPSA) is 86.6 Å². The number of carbonyl (C=O) groups excluding carboxylic acids is 1. The van der Waals surface area contributed by atoms with E-state index in [0.29, 0.717) is 19.3 Å². The predicted molar refractivity (Wildman–Crippen MR) is 67.0 cm³/mol. The Hall–Kier alpha value is -1.10. The summed E-state index contributed by atoms with van der Waals surface area (Å²) in [6, 6.07) is 0. The fraction of sp³-hybridized carbons (Fsp3) is 0.846. The highest BCUT2D eigenvalue weighted by molar-refractivity contribution is 5.84. The van der Waals surface area contributed by atoms with E-state index in [4.69, 9.17) is 5.11 Å². The first-order valence-corrected chi connectivity index (χ1v) is 6.60. The van der Waals surface area contributed by atoms with Crippen LogP contribution < -0.4 is 5.32 Å². The predicted octanol–water partition coefficient (Wildman–Crippen LogP) is 1.15. The van der Waals surface area contributed by atoms with Crippen LogP contribution in [0.5, 0.6) is 0 Å². The molecule has 5 heteroatoms. The first kappa shape index (κ1) is 15.0. The summed E-state index contributed by atoms with van der Waals surface area (Å²) in [6.45, 7) is 3.67. The molecule has 3 N–H and O–H groups in total. The molecule has 0 aromatic rings. The summed E-state index contributed by atoms with van der Waals surface area (Å²) in [5, 5.41) is 21.6. The Kier molecular flexibility index (Phi) is 5.14. The third kappa shape index (κ3) is 3.98. The van der Waals surface area contributed by atoms with Crippen molar-refractivity contribution in [1.82, 2.24) is 5.32 Å². The SMILES string of the molecule is CCC(C)(O)CNC(=O)C1CCCCC1C(=O)O. The Bertz CT molecular complexity index is 314. The summed E-state index contributed by atoms with van der Waals surface area (Å²) in [5.74, 6) is -2.16. The van der Waals surface area contributed by atoms with Crippen molar-refractivity contribution in [3.05, 3.63) is 0 Å². The van der Waals surface area contributed by atoms with Crippen LogP contribution in [-0.2, 0) is 9.59 Å². The average molecular weight is 257 g/mol. The Labute approximate surface area is 108 Å². The summed E-state index contributed by atoms with van der Waals surface area (Å²) in [5.41, 5.74) is -0.928. The van der Waals surface area contributed by atoms with Crippen LogP contribution >= 0.6 is 0 Å². The zero-order chi connectivity index (χ0) is 13.8. The molecule has 3 unspecified atom stereocenters. The fourth-order valence-corrected chi connectivity index (χ4v) is 2.27. The first-order chi connectivity index (χ1) is 8.37. The minimum Gasteiger partial charge on any atom is -0.481 e. The van der Waals surface area contributed by atoms with Gasteiger partial charge in [0.2, 0.25) is 5.91 Å². The third-order valence-corrected chi connectivity index (χ3v) is 3.83. The van der Waals surface area contributed by atoms with Gasteiger partial charge < -0.3 is 15.5 Å². The standard InChI is InChI=1S/C13H23NO4/c1-3-13(2,18)8-14-11(15)9-6-4-5-7-10(9)12(16)17/h9-10,18H,3-8H2,1-2H3,(H,14,15)(H,16,17). The van der Waals surface area contributed by atoms with Crippen LogP contribution in [0.4, 0.5) is 0 Å². The second kappa shape index (κ2) is 6.18. The quantitative estimate of drug-likeness (QED) is 0.689. The minimum absolute atomic E-state index is 0.172. The number of amides is 1. The van der Waals surface area contributed by atoms with Gasteiger partial charge in [0.05, 0.1) is 17.4 Å². The summed E-state index contributed by atoms with van der Waals surface area (Å²) in [6.07, 6.45) is 3.49. The molecule has 0 bridgehead atoms. The number of aliphatic hydroxyl groups is 1. The van der Waals surface area contributed by atoms with Crippen molar-refractivity contribution in [2.24, 2.45) is 11.8 Å². The molecule has 0 aliphatic heterocycles. The smallest absolute Gasteiger partial charge is 0.307 e. The number of hydrogen-bond acceptors (Lipinski definition) is 3. The van der Waals surface area contributed by atoms with Crippen LogP contribution in [0, 0.1) is 11.8 Å². The number of hydrogen-bond donors (Lipinski definition) is 3. The van der Waals surface area contributed by atoms with Crippen LogP contribution in [0.1, 0.15) is 46.0 Å². The van der Waals surface area contributed by atoms with Gasteiger partial charge in [0.25, 0.3) is 0 Å². The maximum atomic E-state index is 12.0. The average Bonchev–Trinajstić information content (AvgIpc) is 2.36. The zero-order valence-electron chi connectivity index (χ0n) is 11.1. The summed E-state index contributed by atoms with van der Waals surface area (Å²) < 4.78 is 0. The van der Waals surface area contributed by atoms with Crippen molar-refractivity contribution >= 4 is 11.9 Å². The van der Waals surface area contributed by atoms with Gasteiger partial charge in [0, 0.05) is 6.54 Å². The number of rotatable bonds is 5. The van der Waals surface area contributed by atoms with Crippen molar-refractivity contribution in [3.8, 4) is 0 Å². The maximum absolute atomic E-state index is 12.0. The Morgan fingerprint density at radius 1 is 1.28 bits per heavy atom. The highest BCUT2D eigenvalue weighted by Crippen LogP contribution is 2.30. The summed E-state index contributed by atoms with van der Waals surface area (Å²) in [4.78, 5) is 23.1. The molecule has 0 heterocycles. The van der Waals surface area contributed by atoms with Crippen molar-refractivity contribution in [2.45, 2.75) is 51.6 Å². The van der Waals surface area contributed by atoms with Crippen LogP contribution in [0.2, 0.25) is 0 Å². The second-order valence-electron chi connectivity index (χ2n) is 5.40. The van der Waals surface area contributed by atoms with E-state index >= 15 is 0 Å². The van der Waals surface area contributed by atoms with Crippen LogP contribution in [0.15, 0.2) is 0 Å². The molecular weight excluding hydrogens is 234 g/mol. The van der Waals surface area contributed by atoms with Gasteiger partial charge in [-0.25, -0.2) is 0 Å². The van der Waals surface area contributed by atoms with Gasteiger partial charge in [-0.05, 0) is 26.2 Å². The zero-order valence-corrected chi connectivity index (χ0v) is 11.1. The third-order valence-electron chi connectivity index (χ3n) is 3.83. The number of carbonyl (C=O) groups is 2. The lowest BCUT2D eigenvalue weighted by molar-refractivity contribution is -0.149. The molecule has 5 nitrogen and oxygen atoms in total. The van der Waals surface area contributed by atoms with Crippen LogP contribution in [-0.4, -0.2) is 34.2 Å². The Morgan fingerprint density at radius 2 is 1.83 bits per heavy atom. The molecule has 0 aromatic heterocycles. The van der Waals surface area contributed by atoms with Crippen LogP contribution in [0.25, 0.3) is 0 Å². The molecule has 1 saturated carbocycles. The largest absolute Gasteiger partial charge is 0.481 e. The second-order valence-corrected chi connectivity index (χ2v) is 5.40. The summed E-state index contributed by atoms with van der Waals surface area (Å²) in [7, 11) is 0. The highest BCUT2D eigenvalue weighted by Gasteiger charge is 2.36. The van der Waals surface area contributed by atoms with Crippen molar-refractivity contribution in [1.29, 1.82) is 0 Å². The molecule has 3 atom stereocenters. The van der Waals surface area contributed by atoms with Crippen molar-refractivity contribution in [3.63, 3.8) is 0 Å². The molecule has 104 valence electrons. The maximum Gasteiger partial charge on any atom is 0.307 e. The van der Waals surface area contributed by atoms with E-state index in [9.17, 15) is 14.7 Å². The van der Waals surface area contributed by atoms with E-state index in [2.05, 4.69) is 5.32 Å². The molecule has 18 heavy (non-hydrogen) atoms. The number of carboxylic acid groups (broad SMARTS) is 1. The summed E-state index contributed by atoms with van der Waals surface area (Å²) >= 11 is 0. The van der Waals surface area contributed by atoms with Crippen molar-refractivity contribution in [2.75, 3.05) is 6.54 Å². The first-order valence-electron chi connectivity index (χ1n) is 6.60. The molecular formula is C13H23NO4. The Balaban J connectivity index is 2.56. The molecule has 0 saturated heterocycles. The molecule has 1 fully saturated rings. The van der Waals surface area contributed by atoms with Gasteiger partial charge >= 0.3 is 5.97 Å². The van der Waals surface area contributed by atoms with Crippen molar-refractivity contribution < 1.29 is 19.8 Å². The minimum atomic E-state index is -0.928. The molecule has 0 spiro atoms. The molecule has 0 radical (unpaired) electrons. The van der Waals surface area contributed by atoms with Gasteiger partial charge in [-0.1, -0.05) is 19.8 Å². The van der Waals surface area contributed by atoms with Gasteiger partial charge in [0.1, 0.15) is 0 Å². The van der Waals surface area contributed by atoms with E-state index in [1.165, 1.54) is 0 Å². The van der Waals surface area contributed by atoms with Gasteiger partial charge in [-0.2, -0.15) is 0 Å². The lowest BCUT2D eigenvalue weighted by Crippen LogP contribution is -2.45. The monoisotopic (exact) mass is 257 g/mol. The normalized spacial score (nSPS) is 27.3. The molecule has 1 aliphatic carbocycles. The van der Waals surface area contributed by atoms with E-state index in [0.717, 1.165) is 12.8 Å². The Morgan fingerprint density at radius 3 is 2.33 bits per heavy atom. The number of nitrogens with one attached hydrogen (secondary N) is 1. The number of carboxylic acids is 1. The van der Waals surface area contributed by atoms with Gasteiger partial charge in [-0.3, -0.25) is 9.59 Å². The van der Waals surface area contributed by atoms with E-state index < -0.39 is 23.4 Å². The highest BCUT2D eigenvalue weighted by atomic mass is 16.4. The van der Waals surface area contributed by atoms with Crippen LogP contribution in [0.3, 0.4) is 0 Å². The number of aliphatic carboxylic acids is 1. The van der Waals surface area contributed by atoms with Gasteiger partial charge in [-0.15, -0.1) is 0 Å². The lowest BCUT2D eigenvalue weighted by atomic mass is 9.78. The van der Waals surface area contributed by atoms with E-state index in [1.54, 1.807) is 6.92 Å². The molecule has 1 rings (SSSR count). The lowest BCUT2D eigenvalue weighted by Gasteiger charge is -2.29. The molecule has 0 aromatic carbocycles. The van der Waals surface area contributed by atoms with E-state index in [1.807, 2.05) is 6.92 Å². The molecule has 1 aliphatic rings. The van der Waals surface area contributed by atoms with E-state index in [-0.39, 0.29) is 12.5 Å².